The minimum absolute atomic E-state index is 0.0675. The van der Waals surface area contributed by atoms with Crippen LogP contribution in [0.2, 0.25) is 0 Å². The second kappa shape index (κ2) is 6.81. The molecule has 0 radical (unpaired) electrons. The molecule has 0 bridgehead atoms. The van der Waals surface area contributed by atoms with Gasteiger partial charge < -0.3 is 4.74 Å². The number of hydrogen-bond acceptors (Lipinski definition) is 4. The third kappa shape index (κ3) is 2.81. The van der Waals surface area contributed by atoms with Crippen molar-refractivity contribution < 1.29 is 19.1 Å². The number of carbonyl (C=O) groups is 3. The summed E-state index contributed by atoms with van der Waals surface area (Å²) in [5, 5.41) is 0. The highest BCUT2D eigenvalue weighted by molar-refractivity contribution is 5.92. The van der Waals surface area contributed by atoms with E-state index in [-0.39, 0.29) is 34.4 Å². The first-order valence-electron chi connectivity index (χ1n) is 11.1. The second-order valence-corrected chi connectivity index (χ2v) is 10.3. The Balaban J connectivity index is 1.67. The van der Waals surface area contributed by atoms with Crippen LogP contribution in [-0.4, -0.2) is 24.1 Å². The molecule has 0 unspecified atom stereocenters. The molecular weight excluding hydrogens is 352 g/mol. The Bertz CT molecular complexity index is 737. The van der Waals surface area contributed by atoms with Gasteiger partial charge in [-0.1, -0.05) is 19.4 Å². The molecule has 0 spiro atoms. The maximum atomic E-state index is 12.4. The van der Waals surface area contributed by atoms with E-state index in [4.69, 9.17) is 4.74 Å². The van der Waals surface area contributed by atoms with Gasteiger partial charge in [0, 0.05) is 25.2 Å². The zero-order valence-electron chi connectivity index (χ0n) is 17.8. The van der Waals surface area contributed by atoms with E-state index in [1.165, 1.54) is 12.5 Å². The highest BCUT2D eigenvalue weighted by Crippen LogP contribution is 2.67. The van der Waals surface area contributed by atoms with Crippen molar-refractivity contribution in [2.75, 3.05) is 6.61 Å². The van der Waals surface area contributed by atoms with E-state index in [9.17, 15) is 14.4 Å². The molecule has 0 aliphatic heterocycles. The van der Waals surface area contributed by atoms with Crippen LogP contribution in [0, 0.1) is 40.4 Å². The molecule has 28 heavy (non-hydrogen) atoms. The fourth-order valence-electron chi connectivity index (χ4n) is 7.88. The number of hydrogen-bond donors (Lipinski definition) is 0. The van der Waals surface area contributed by atoms with Crippen LogP contribution in [-0.2, 0) is 19.1 Å². The molecule has 0 aromatic carbocycles. The topological polar surface area (TPSA) is 60.4 Å². The highest BCUT2D eigenvalue weighted by atomic mass is 16.5. The van der Waals surface area contributed by atoms with Crippen molar-refractivity contribution in [1.82, 2.24) is 0 Å². The highest BCUT2D eigenvalue weighted by Gasteiger charge is 2.61. The summed E-state index contributed by atoms with van der Waals surface area (Å²) >= 11 is 0. The first kappa shape index (κ1) is 19.8. The maximum Gasteiger partial charge on any atom is 0.302 e. The molecule has 4 aliphatic rings. The number of Topliss-reactive ketones (excluding diaryl/α,β-unsaturated/α-hetero) is 1. The monoisotopic (exact) mass is 386 g/mol. The number of carbonyl (C=O) groups excluding carboxylic acids is 3. The molecule has 4 nitrogen and oxygen atoms in total. The number of fused-ring (bicyclic) bond motifs is 5. The van der Waals surface area contributed by atoms with Crippen molar-refractivity contribution in [2.45, 2.75) is 72.6 Å². The molecular formula is C24H34O4. The molecule has 7 atom stereocenters. The van der Waals surface area contributed by atoms with E-state index in [0.717, 1.165) is 38.5 Å². The summed E-state index contributed by atoms with van der Waals surface area (Å²) in [5.74, 6) is 2.30. The van der Waals surface area contributed by atoms with Gasteiger partial charge in [0.1, 0.15) is 5.78 Å². The summed E-state index contributed by atoms with van der Waals surface area (Å²) in [7, 11) is 0. The van der Waals surface area contributed by atoms with Crippen molar-refractivity contribution >= 4 is 17.5 Å². The summed E-state index contributed by atoms with van der Waals surface area (Å²) in [6.07, 6.45) is 8.89. The predicted octanol–water partition coefficient (Wildman–Crippen LogP) is 4.51. The van der Waals surface area contributed by atoms with Crippen molar-refractivity contribution in [3.8, 4) is 0 Å². The van der Waals surface area contributed by atoms with E-state index in [0.29, 0.717) is 36.6 Å². The van der Waals surface area contributed by atoms with Gasteiger partial charge in [0.2, 0.25) is 0 Å². The first-order chi connectivity index (χ1) is 13.2. The molecule has 154 valence electrons. The Kier molecular flexibility index (Phi) is 4.83. The summed E-state index contributed by atoms with van der Waals surface area (Å²) in [6, 6.07) is 0. The molecule has 3 fully saturated rings. The fourth-order valence-corrected chi connectivity index (χ4v) is 7.88. The summed E-state index contributed by atoms with van der Waals surface area (Å²) in [5.41, 5.74) is 1.36. The van der Waals surface area contributed by atoms with Crippen molar-refractivity contribution in [3.05, 3.63) is 11.6 Å². The molecule has 4 heteroatoms. The quantitative estimate of drug-likeness (QED) is 0.670. The van der Waals surface area contributed by atoms with Crippen molar-refractivity contribution in [3.63, 3.8) is 0 Å². The Labute approximate surface area is 168 Å². The molecule has 0 aromatic heterocycles. The number of allylic oxidation sites excluding steroid dienone is 1. The minimum atomic E-state index is -0.268. The number of ketones is 2. The largest absolute Gasteiger partial charge is 0.466 e. The van der Waals surface area contributed by atoms with Crippen molar-refractivity contribution in [1.29, 1.82) is 0 Å². The second-order valence-electron chi connectivity index (χ2n) is 10.3. The summed E-state index contributed by atoms with van der Waals surface area (Å²) in [6.45, 7) is 8.25. The average molecular weight is 387 g/mol. The molecule has 4 rings (SSSR count). The van der Waals surface area contributed by atoms with Crippen LogP contribution in [0.4, 0.5) is 0 Å². The molecule has 3 saturated carbocycles. The van der Waals surface area contributed by atoms with Gasteiger partial charge in [-0.3, -0.25) is 14.4 Å². The van der Waals surface area contributed by atoms with Gasteiger partial charge in [0.05, 0.1) is 6.61 Å². The van der Waals surface area contributed by atoms with Crippen LogP contribution in [0.1, 0.15) is 72.6 Å². The lowest BCUT2D eigenvalue weighted by molar-refractivity contribution is -0.148. The van der Waals surface area contributed by atoms with Crippen LogP contribution in [0.5, 0.6) is 0 Å². The van der Waals surface area contributed by atoms with Crippen LogP contribution < -0.4 is 0 Å². The standard InChI is InChI=1S/C24H34O4/c1-14(25)20-7-8-21-19-6-5-16-11-18(27)12-17(13-28-15(2)26)24(16,4)22(19)9-10-23(20,21)3/h11,17,19-22H,5-10,12-13H2,1-4H3/t17-,19+,20-,21+,22+,23-,24-/m1/s1. The van der Waals surface area contributed by atoms with E-state index in [1.54, 1.807) is 6.92 Å². The summed E-state index contributed by atoms with van der Waals surface area (Å²) < 4.78 is 5.42. The first-order valence-corrected chi connectivity index (χ1v) is 11.1. The number of esters is 1. The van der Waals surface area contributed by atoms with E-state index < -0.39 is 0 Å². The third-order valence-electron chi connectivity index (χ3n) is 9.26. The Morgan fingerprint density at radius 1 is 1.11 bits per heavy atom. The van der Waals surface area contributed by atoms with Crippen LogP contribution >= 0.6 is 0 Å². The van der Waals surface area contributed by atoms with Gasteiger partial charge in [0.15, 0.2) is 5.78 Å². The minimum Gasteiger partial charge on any atom is -0.466 e. The van der Waals surface area contributed by atoms with E-state index in [1.807, 2.05) is 6.08 Å². The number of ether oxygens (including phenoxy) is 1. The molecule has 0 amide bonds. The maximum absolute atomic E-state index is 12.4. The third-order valence-corrected chi connectivity index (χ3v) is 9.26. The smallest absolute Gasteiger partial charge is 0.302 e. The van der Waals surface area contributed by atoms with Gasteiger partial charge in [0.25, 0.3) is 0 Å². The van der Waals surface area contributed by atoms with E-state index in [2.05, 4.69) is 13.8 Å². The van der Waals surface area contributed by atoms with Crippen molar-refractivity contribution in [2.24, 2.45) is 40.4 Å². The van der Waals surface area contributed by atoms with Gasteiger partial charge in [-0.2, -0.15) is 0 Å². The molecule has 0 aromatic rings. The lowest BCUT2D eigenvalue weighted by atomic mass is 9.44. The normalized spacial score (nSPS) is 44.8. The molecule has 0 heterocycles. The Morgan fingerprint density at radius 2 is 1.86 bits per heavy atom. The van der Waals surface area contributed by atoms with Crippen LogP contribution in [0.25, 0.3) is 0 Å². The molecule has 4 aliphatic carbocycles. The Hall–Kier alpha value is -1.45. The zero-order chi connectivity index (χ0) is 20.3. The van der Waals surface area contributed by atoms with Gasteiger partial charge in [-0.15, -0.1) is 0 Å². The summed E-state index contributed by atoms with van der Waals surface area (Å²) in [4.78, 5) is 36.1. The average Bonchev–Trinajstić information content (AvgIpc) is 2.97. The van der Waals surface area contributed by atoms with Gasteiger partial charge in [-0.05, 0) is 80.1 Å². The molecule has 0 saturated heterocycles. The van der Waals surface area contributed by atoms with Crippen LogP contribution in [0.3, 0.4) is 0 Å². The van der Waals surface area contributed by atoms with Crippen LogP contribution in [0.15, 0.2) is 11.6 Å². The van der Waals surface area contributed by atoms with Gasteiger partial charge in [-0.25, -0.2) is 0 Å². The number of rotatable bonds is 3. The molecule has 0 N–H and O–H groups in total. The fraction of sp³-hybridized carbons (Fsp3) is 0.792. The SMILES string of the molecule is CC(=O)OC[C@H]1CC(=O)C=C2CC[C@H]3[C@@H]4CC[C@H](C(C)=O)[C@@]4(C)CC[C@@H]3[C@]21C. The lowest BCUT2D eigenvalue weighted by Gasteiger charge is -2.60. The van der Waals surface area contributed by atoms with Gasteiger partial charge >= 0.3 is 5.97 Å². The predicted molar refractivity (Wildman–Crippen MR) is 106 cm³/mol. The zero-order valence-corrected chi connectivity index (χ0v) is 17.8. The Morgan fingerprint density at radius 3 is 2.54 bits per heavy atom. The van der Waals surface area contributed by atoms with E-state index >= 15 is 0 Å². The lowest BCUT2D eigenvalue weighted by Crippen LogP contribution is -2.54.